The molecule has 0 saturated heterocycles. The Kier molecular flexibility index (Phi) is 2.87. The van der Waals surface area contributed by atoms with Crippen LogP contribution in [-0.4, -0.2) is 0 Å². The molecule has 0 radical (unpaired) electrons. The van der Waals surface area contributed by atoms with Gasteiger partial charge in [0, 0.05) is 5.70 Å². The molecule has 0 aromatic heterocycles. The minimum Gasteiger partial charge on any atom is -0.328 e. The van der Waals surface area contributed by atoms with Gasteiger partial charge >= 0.3 is 0 Å². The quantitative estimate of drug-likeness (QED) is 0.268. The molecule has 2 nitrogen and oxygen atoms in total. The van der Waals surface area contributed by atoms with Gasteiger partial charge in [-0.1, -0.05) is 0 Å². The number of nitrogens with two attached hydrogens (primary N) is 1. The average Bonchev–Trinajstić information content (AvgIpc) is 1.65. The lowest BCUT2D eigenvalue weighted by molar-refractivity contribution is 0.880. The van der Waals surface area contributed by atoms with Gasteiger partial charge < -0.3 is 5.43 Å². The Morgan fingerprint density at radius 1 is 1.57 bits per heavy atom. The van der Waals surface area contributed by atoms with Gasteiger partial charge in [0.1, 0.15) is 0 Å². The Labute approximate surface area is 49.2 Å². The van der Waals surface area contributed by atoms with Crippen molar-refractivity contribution >= 4 is 12.6 Å². The van der Waals surface area contributed by atoms with Crippen LogP contribution in [-0.2, 0) is 0 Å². The molecule has 3 heteroatoms. The van der Waals surface area contributed by atoms with E-state index in [1.165, 1.54) is 0 Å². The van der Waals surface area contributed by atoms with E-state index in [0.717, 1.165) is 10.6 Å². The summed E-state index contributed by atoms with van der Waals surface area (Å²) in [6, 6.07) is 0. The summed E-state index contributed by atoms with van der Waals surface area (Å²) < 4.78 is 0. The predicted molar refractivity (Wildman–Crippen MR) is 34.7 cm³/mol. The number of thiol groups is 1. The molecule has 3 N–H and O–H groups in total. The summed E-state index contributed by atoms with van der Waals surface area (Å²) in [6.45, 7) is 3.74. The second kappa shape index (κ2) is 2.93. The van der Waals surface area contributed by atoms with E-state index in [2.05, 4.69) is 18.1 Å². The van der Waals surface area contributed by atoms with Crippen LogP contribution in [0, 0.1) is 0 Å². The second-order valence-electron chi connectivity index (χ2n) is 1.35. The van der Waals surface area contributed by atoms with Crippen LogP contribution < -0.4 is 11.3 Å². The van der Waals surface area contributed by atoms with Crippen molar-refractivity contribution in [2.24, 2.45) is 5.84 Å². The van der Waals surface area contributed by atoms with E-state index < -0.39 is 0 Å². The molecule has 42 valence electrons. The zero-order valence-corrected chi connectivity index (χ0v) is 5.42. The summed E-state index contributed by atoms with van der Waals surface area (Å²) in [4.78, 5) is 0.919. The maximum absolute atomic E-state index is 5.02. The highest BCUT2D eigenvalue weighted by molar-refractivity contribution is 7.84. The highest BCUT2D eigenvalue weighted by Crippen LogP contribution is 2.00. The molecule has 0 bridgehead atoms. The van der Waals surface area contributed by atoms with Gasteiger partial charge in [-0.15, -0.1) is 12.6 Å². The van der Waals surface area contributed by atoms with Crippen LogP contribution in [0.25, 0.3) is 0 Å². The van der Waals surface area contributed by atoms with Gasteiger partial charge in [-0.25, -0.2) is 0 Å². The van der Waals surface area contributed by atoms with Gasteiger partial charge in [0.2, 0.25) is 0 Å². The smallest absolute Gasteiger partial charge is 0.0317 e. The van der Waals surface area contributed by atoms with Gasteiger partial charge in [-0.3, -0.25) is 5.84 Å². The third-order valence-electron chi connectivity index (χ3n) is 0.759. The van der Waals surface area contributed by atoms with Gasteiger partial charge in [-0.2, -0.15) is 0 Å². The lowest BCUT2D eigenvalue weighted by Crippen LogP contribution is -2.19. The maximum Gasteiger partial charge on any atom is 0.0317 e. The Morgan fingerprint density at radius 2 is 2.00 bits per heavy atom. The number of rotatable bonds is 1. The van der Waals surface area contributed by atoms with Crippen molar-refractivity contribution in [3.05, 3.63) is 10.6 Å². The molecule has 0 atom stereocenters. The summed E-state index contributed by atoms with van der Waals surface area (Å²) in [5, 5.41) is 0. The summed E-state index contributed by atoms with van der Waals surface area (Å²) in [5.74, 6) is 5.02. The van der Waals surface area contributed by atoms with E-state index in [1.54, 1.807) is 0 Å². The molecule has 0 fully saturated rings. The van der Waals surface area contributed by atoms with Crippen LogP contribution in [0.3, 0.4) is 0 Å². The highest BCUT2D eigenvalue weighted by Gasteiger charge is 1.82. The lowest BCUT2D eigenvalue weighted by Gasteiger charge is -1.97. The van der Waals surface area contributed by atoms with Crippen molar-refractivity contribution in [1.29, 1.82) is 0 Å². The van der Waals surface area contributed by atoms with Crippen molar-refractivity contribution < 1.29 is 0 Å². The number of hydrogen-bond donors (Lipinski definition) is 3. The summed E-state index contributed by atoms with van der Waals surface area (Å²) >= 11 is 4.01. The van der Waals surface area contributed by atoms with E-state index in [0.29, 0.717) is 0 Å². The van der Waals surface area contributed by atoms with Gasteiger partial charge in [0.25, 0.3) is 0 Å². The molecule has 0 heterocycles. The minimum absolute atomic E-state index is 0.906. The molecular weight excluding hydrogens is 108 g/mol. The monoisotopic (exact) mass is 118 g/mol. The molecule has 0 aliphatic rings. The Morgan fingerprint density at radius 3 is 2.00 bits per heavy atom. The van der Waals surface area contributed by atoms with Crippen LogP contribution in [0.5, 0.6) is 0 Å². The van der Waals surface area contributed by atoms with Gasteiger partial charge in [0.05, 0.1) is 0 Å². The van der Waals surface area contributed by atoms with Crippen LogP contribution in [0.1, 0.15) is 13.8 Å². The number of hydrogen-bond acceptors (Lipinski definition) is 3. The van der Waals surface area contributed by atoms with Crippen LogP contribution in [0.4, 0.5) is 0 Å². The molecule has 0 unspecified atom stereocenters. The third kappa shape index (κ3) is 2.53. The molecule has 0 aliphatic carbocycles. The van der Waals surface area contributed by atoms with Crippen molar-refractivity contribution in [3.8, 4) is 0 Å². The maximum atomic E-state index is 5.02. The van der Waals surface area contributed by atoms with E-state index in [9.17, 15) is 0 Å². The normalized spacial score (nSPS) is 13.1. The molecule has 0 spiro atoms. The van der Waals surface area contributed by atoms with Crippen LogP contribution in [0.2, 0.25) is 0 Å². The van der Waals surface area contributed by atoms with Crippen molar-refractivity contribution in [2.45, 2.75) is 13.8 Å². The fourth-order valence-corrected chi connectivity index (χ4v) is 0.169. The number of nitrogens with one attached hydrogen (secondary N) is 1. The summed E-state index contributed by atoms with van der Waals surface area (Å²) in [5.41, 5.74) is 3.37. The van der Waals surface area contributed by atoms with Crippen molar-refractivity contribution in [1.82, 2.24) is 5.43 Å². The molecule has 0 saturated carbocycles. The Balaban J connectivity index is 3.72. The Bertz CT molecular complexity index is 83.7. The first kappa shape index (κ1) is 6.85. The first-order chi connectivity index (χ1) is 3.18. The van der Waals surface area contributed by atoms with Crippen molar-refractivity contribution in [2.75, 3.05) is 0 Å². The van der Waals surface area contributed by atoms with Crippen molar-refractivity contribution in [3.63, 3.8) is 0 Å². The summed E-state index contributed by atoms with van der Waals surface area (Å²) in [6.07, 6.45) is 0. The molecule has 0 aromatic rings. The number of hydrazine groups is 1. The van der Waals surface area contributed by atoms with Crippen LogP contribution >= 0.6 is 12.6 Å². The molecule has 0 amide bonds. The van der Waals surface area contributed by atoms with E-state index in [1.807, 2.05) is 13.8 Å². The van der Waals surface area contributed by atoms with Gasteiger partial charge in [0.15, 0.2) is 0 Å². The lowest BCUT2D eigenvalue weighted by atomic mass is 10.5. The second-order valence-corrected chi connectivity index (χ2v) is 2.03. The minimum atomic E-state index is 0.906. The first-order valence-corrected chi connectivity index (χ1v) is 2.46. The molecule has 0 aliphatic heterocycles. The zero-order chi connectivity index (χ0) is 5.86. The van der Waals surface area contributed by atoms with E-state index in [-0.39, 0.29) is 0 Å². The number of allylic oxidation sites excluding steroid dienone is 2. The highest BCUT2D eigenvalue weighted by atomic mass is 32.1. The molecule has 7 heavy (non-hydrogen) atoms. The topological polar surface area (TPSA) is 38.0 Å². The average molecular weight is 118 g/mol. The molecular formula is C4H10N2S. The van der Waals surface area contributed by atoms with Gasteiger partial charge in [-0.05, 0) is 18.8 Å². The van der Waals surface area contributed by atoms with E-state index in [4.69, 9.17) is 5.84 Å². The third-order valence-corrected chi connectivity index (χ3v) is 1.09. The fourth-order valence-electron chi connectivity index (χ4n) is 0.104. The predicted octanol–water partition coefficient (Wildman–Crippen LogP) is 0.631. The largest absolute Gasteiger partial charge is 0.328 e. The zero-order valence-electron chi connectivity index (χ0n) is 4.52. The van der Waals surface area contributed by atoms with E-state index >= 15 is 0 Å². The summed E-state index contributed by atoms with van der Waals surface area (Å²) in [7, 11) is 0. The standard InChI is InChI=1S/C4H10N2S/c1-3(6-5)4(2)7/h6-7H,5H2,1-2H3/b4-3-. The molecule has 0 aromatic carbocycles. The van der Waals surface area contributed by atoms with Crippen LogP contribution in [0.15, 0.2) is 10.6 Å². The SMILES string of the molecule is C/C(S)=C(\C)NN. The molecule has 0 rings (SSSR count). The fraction of sp³-hybridized carbons (Fsp3) is 0.500. The first-order valence-electron chi connectivity index (χ1n) is 2.01. The Hall–Kier alpha value is -0.150.